The molecule has 52 heavy (non-hydrogen) atoms. The normalized spacial score (nSPS) is 14.7. The van der Waals surface area contributed by atoms with Crippen molar-refractivity contribution in [3.63, 3.8) is 0 Å². The summed E-state index contributed by atoms with van der Waals surface area (Å²) in [5.41, 5.74) is 16.3. The number of rotatable bonds is 5. The maximum absolute atomic E-state index is 2.44. The fourth-order valence-electron chi connectivity index (χ4n) is 6.93. The van der Waals surface area contributed by atoms with Crippen LogP contribution in [0.2, 0.25) is 0 Å². The molecule has 272 valence electrons. The molecule has 8 rings (SSSR count). The third-order valence-corrected chi connectivity index (χ3v) is 9.84. The molecule has 1 unspecified atom stereocenters. The Kier molecular flexibility index (Phi) is 16.0. The number of benzene rings is 5. The summed E-state index contributed by atoms with van der Waals surface area (Å²) in [7, 11) is 0. The Hall–Kier alpha value is -4.42. The van der Waals surface area contributed by atoms with Gasteiger partial charge in [0.1, 0.15) is 0 Å². The fraction of sp³-hybridized carbons (Fsp3) is 0.346. The molecule has 1 saturated carbocycles. The zero-order chi connectivity index (χ0) is 37.5. The first kappa shape index (κ1) is 40.4. The maximum Gasteiger partial charge on any atom is 0.00559 e. The lowest BCUT2D eigenvalue weighted by atomic mass is 9.79. The average molecular weight is 689 g/mol. The Morgan fingerprint density at radius 1 is 0.596 bits per heavy atom. The van der Waals surface area contributed by atoms with Crippen LogP contribution < -0.4 is 0 Å². The second-order valence-corrected chi connectivity index (χ2v) is 13.8. The van der Waals surface area contributed by atoms with Crippen LogP contribution in [0.3, 0.4) is 0 Å². The zero-order valence-corrected chi connectivity index (χ0v) is 33.8. The van der Waals surface area contributed by atoms with Gasteiger partial charge in [-0.25, -0.2) is 0 Å². The molecule has 3 aliphatic rings. The molecule has 0 aromatic heterocycles. The van der Waals surface area contributed by atoms with E-state index in [2.05, 4.69) is 156 Å². The molecular formula is C52H64. The number of hydrogen-bond acceptors (Lipinski definition) is 0. The highest BCUT2D eigenvalue weighted by Gasteiger charge is 2.22. The molecule has 0 bridgehead atoms. The van der Waals surface area contributed by atoms with Crippen molar-refractivity contribution in [2.45, 2.75) is 120 Å². The Morgan fingerprint density at radius 2 is 1.29 bits per heavy atom. The van der Waals surface area contributed by atoms with Crippen LogP contribution in [0.15, 0.2) is 115 Å². The molecule has 0 heteroatoms. The Bertz CT molecular complexity index is 1970. The predicted octanol–water partition coefficient (Wildman–Crippen LogP) is 16.4. The minimum absolute atomic E-state index is 0.444. The van der Waals surface area contributed by atoms with E-state index in [9.17, 15) is 0 Å². The third-order valence-electron chi connectivity index (χ3n) is 9.84. The van der Waals surface area contributed by atoms with Gasteiger partial charge in [0, 0.05) is 5.92 Å². The van der Waals surface area contributed by atoms with E-state index >= 15 is 0 Å². The standard InChI is InChI=1S/C41H36.C4H10.C3H6.2C2H6/c1-27-20-21-28(2)39(24-27)34-23-22-33(25-29(34)3)41-37-18-9-7-16-35(37)40(36-17-8-10-19-38(36)41)32-15-11-14-31(26-32)30-12-5-4-6-13-30;1-3-4-2;1-2-3-1;2*1-2/h4-7,9-12,14-16,18-26,30H,8,13,17H2,1-3H3;3-4H2,1-2H3;1-3H2;2*1-2H3. The molecule has 3 aliphatic carbocycles. The van der Waals surface area contributed by atoms with Crippen molar-refractivity contribution in [1.29, 1.82) is 0 Å². The minimum Gasteiger partial charge on any atom is -0.0836 e. The molecule has 0 N–H and O–H groups in total. The number of fused-ring (bicyclic) bond motifs is 2. The Labute approximate surface area is 317 Å². The van der Waals surface area contributed by atoms with Crippen molar-refractivity contribution in [3.8, 4) is 33.4 Å². The summed E-state index contributed by atoms with van der Waals surface area (Å²) < 4.78 is 0. The van der Waals surface area contributed by atoms with E-state index in [0.717, 1.165) is 19.3 Å². The van der Waals surface area contributed by atoms with E-state index in [0.29, 0.717) is 5.92 Å². The molecular weight excluding hydrogens is 625 g/mol. The van der Waals surface area contributed by atoms with Gasteiger partial charge < -0.3 is 0 Å². The van der Waals surface area contributed by atoms with E-state index in [1.165, 1.54) is 110 Å². The first-order valence-electron chi connectivity index (χ1n) is 20.4. The molecule has 0 aliphatic heterocycles. The van der Waals surface area contributed by atoms with Crippen LogP contribution in [0, 0.1) is 20.8 Å². The van der Waals surface area contributed by atoms with E-state index in [4.69, 9.17) is 0 Å². The van der Waals surface area contributed by atoms with Gasteiger partial charge in [-0.05, 0) is 112 Å². The minimum atomic E-state index is 0.444. The van der Waals surface area contributed by atoms with Gasteiger partial charge in [-0.2, -0.15) is 0 Å². The first-order valence-corrected chi connectivity index (χ1v) is 20.4. The lowest BCUT2D eigenvalue weighted by Gasteiger charge is -2.25. The monoisotopic (exact) mass is 689 g/mol. The van der Waals surface area contributed by atoms with Gasteiger partial charge in [0.2, 0.25) is 0 Å². The van der Waals surface area contributed by atoms with Gasteiger partial charge in [0.25, 0.3) is 0 Å². The van der Waals surface area contributed by atoms with E-state index in [1.54, 1.807) is 0 Å². The summed E-state index contributed by atoms with van der Waals surface area (Å²) in [6.45, 7) is 19.0. The van der Waals surface area contributed by atoms with Crippen molar-refractivity contribution >= 4 is 16.8 Å². The van der Waals surface area contributed by atoms with Crippen LogP contribution in [0.4, 0.5) is 0 Å². The molecule has 0 amide bonds. The van der Waals surface area contributed by atoms with Crippen molar-refractivity contribution in [3.05, 3.63) is 149 Å². The van der Waals surface area contributed by atoms with Gasteiger partial charge in [-0.1, -0.05) is 201 Å². The molecule has 5 aromatic rings. The summed E-state index contributed by atoms with van der Waals surface area (Å²) >= 11 is 0. The topological polar surface area (TPSA) is 0 Å². The maximum atomic E-state index is 2.44. The smallest absolute Gasteiger partial charge is 0.00559 e. The summed E-state index contributed by atoms with van der Waals surface area (Å²) in [6.07, 6.45) is 24.1. The van der Waals surface area contributed by atoms with Crippen molar-refractivity contribution in [2.75, 3.05) is 0 Å². The molecule has 0 spiro atoms. The summed E-state index contributed by atoms with van der Waals surface area (Å²) in [6, 6.07) is 32.2. The molecule has 0 saturated heterocycles. The molecule has 1 fully saturated rings. The average Bonchev–Trinajstić information content (AvgIpc) is 4.10. The second-order valence-electron chi connectivity index (χ2n) is 13.8. The molecule has 1 atom stereocenters. The highest BCUT2D eigenvalue weighted by molar-refractivity contribution is 6.10. The van der Waals surface area contributed by atoms with Crippen LogP contribution in [0.1, 0.15) is 126 Å². The van der Waals surface area contributed by atoms with E-state index in [-0.39, 0.29) is 0 Å². The predicted molar refractivity (Wildman–Crippen MR) is 235 cm³/mol. The van der Waals surface area contributed by atoms with Crippen LogP contribution in [-0.2, 0) is 6.42 Å². The molecule has 5 aromatic carbocycles. The highest BCUT2D eigenvalue weighted by atomic mass is 14.3. The zero-order valence-electron chi connectivity index (χ0n) is 33.8. The fourth-order valence-corrected chi connectivity index (χ4v) is 6.93. The van der Waals surface area contributed by atoms with Gasteiger partial charge in [0.05, 0.1) is 0 Å². The molecule has 0 nitrogen and oxygen atoms in total. The third kappa shape index (κ3) is 9.92. The van der Waals surface area contributed by atoms with Crippen LogP contribution in [-0.4, -0.2) is 0 Å². The van der Waals surface area contributed by atoms with Gasteiger partial charge in [0.15, 0.2) is 0 Å². The Morgan fingerprint density at radius 3 is 1.92 bits per heavy atom. The molecule has 0 radical (unpaired) electrons. The van der Waals surface area contributed by atoms with Crippen molar-refractivity contribution < 1.29 is 0 Å². The highest BCUT2D eigenvalue weighted by Crippen LogP contribution is 2.45. The summed E-state index contributed by atoms with van der Waals surface area (Å²) in [5, 5.41) is 2.68. The Balaban J connectivity index is 0.000000488. The number of hydrogen-bond donors (Lipinski definition) is 0. The largest absolute Gasteiger partial charge is 0.0836 e. The SMILES string of the molecule is C1CC1.CC.CC.CCCC.Cc1ccc(C)c(-c2ccc(-c3c4c(c(-c5cccc(C6C=CC=CC6)c5)c5ccccc35)CCC=C4)cc2C)c1. The van der Waals surface area contributed by atoms with Crippen LogP contribution in [0.25, 0.3) is 50.2 Å². The number of allylic oxidation sites excluding steroid dienone is 5. The van der Waals surface area contributed by atoms with Crippen LogP contribution >= 0.6 is 0 Å². The van der Waals surface area contributed by atoms with E-state index in [1.807, 2.05) is 27.7 Å². The quantitative estimate of drug-likeness (QED) is 0.172. The first-order chi connectivity index (χ1) is 25.5. The van der Waals surface area contributed by atoms with E-state index < -0.39 is 0 Å². The second kappa shape index (κ2) is 20.6. The van der Waals surface area contributed by atoms with Crippen molar-refractivity contribution in [1.82, 2.24) is 0 Å². The van der Waals surface area contributed by atoms with Gasteiger partial charge in [-0.15, -0.1) is 0 Å². The van der Waals surface area contributed by atoms with Crippen molar-refractivity contribution in [2.24, 2.45) is 0 Å². The number of aryl methyl sites for hydroxylation is 3. The van der Waals surface area contributed by atoms with Gasteiger partial charge >= 0.3 is 0 Å². The number of unbranched alkanes of at least 4 members (excludes halogenated alkanes) is 1. The van der Waals surface area contributed by atoms with Gasteiger partial charge in [-0.3, -0.25) is 0 Å². The molecule has 0 heterocycles. The lowest BCUT2D eigenvalue weighted by Crippen LogP contribution is -2.03. The van der Waals surface area contributed by atoms with Crippen LogP contribution in [0.5, 0.6) is 0 Å². The summed E-state index contributed by atoms with van der Waals surface area (Å²) in [5.74, 6) is 0.444. The lowest BCUT2D eigenvalue weighted by molar-refractivity contribution is 0.854. The summed E-state index contributed by atoms with van der Waals surface area (Å²) in [4.78, 5) is 0.